The van der Waals surface area contributed by atoms with Gasteiger partial charge in [-0.3, -0.25) is 14.5 Å². The third-order valence-electron chi connectivity index (χ3n) is 8.55. The number of benzene rings is 1. The molecule has 4 atom stereocenters. The predicted octanol–water partition coefficient (Wildman–Crippen LogP) is 5.63. The van der Waals surface area contributed by atoms with Crippen molar-refractivity contribution in [2.24, 2.45) is 17.8 Å². The van der Waals surface area contributed by atoms with E-state index in [0.29, 0.717) is 13.0 Å². The topological polar surface area (TPSA) is 66.8 Å². The van der Waals surface area contributed by atoms with Gasteiger partial charge in [-0.1, -0.05) is 55.5 Å². The molecule has 4 aliphatic rings. The number of imide groups is 1. The summed E-state index contributed by atoms with van der Waals surface area (Å²) in [6.07, 6.45) is 11.0. The van der Waals surface area contributed by atoms with E-state index in [1.54, 1.807) is 17.0 Å². The van der Waals surface area contributed by atoms with Crippen molar-refractivity contribution in [1.82, 2.24) is 4.90 Å². The molecule has 1 saturated carbocycles. The van der Waals surface area contributed by atoms with Crippen LogP contribution in [0.2, 0.25) is 0 Å². The number of hydrogen-bond acceptors (Lipinski definition) is 4. The molecule has 2 aliphatic heterocycles. The standard InChI is InChI=1S/C29H37NO4/c1-3-19(15-20-8-7-11-22(31)16-20)12-13-25-26-18(2)14-23-27(24(26)17-34-25)29(33)30(28(23)32)21-9-5-4-6-10-21/h7-8,11,15-16,21,23-25,27,31H,3-6,9-10,12-14,17H2,1-2H3/b19-15+/t23-,24+,25-,27-/m1/s1. The maximum Gasteiger partial charge on any atom is 0.234 e. The second-order valence-electron chi connectivity index (χ2n) is 10.6. The third kappa shape index (κ3) is 4.24. The molecule has 0 unspecified atom stereocenters. The van der Waals surface area contributed by atoms with Crippen molar-refractivity contribution in [3.8, 4) is 5.75 Å². The highest BCUT2D eigenvalue weighted by molar-refractivity contribution is 6.06. The van der Waals surface area contributed by atoms with Crippen molar-refractivity contribution in [3.05, 3.63) is 46.5 Å². The Morgan fingerprint density at radius 2 is 1.94 bits per heavy atom. The van der Waals surface area contributed by atoms with Crippen molar-refractivity contribution >= 4 is 17.9 Å². The normalized spacial score (nSPS) is 30.2. The van der Waals surface area contributed by atoms with Gasteiger partial charge in [-0.25, -0.2) is 0 Å². The number of amides is 2. The molecular formula is C29H37NO4. The van der Waals surface area contributed by atoms with Gasteiger partial charge in [0.1, 0.15) is 5.75 Å². The van der Waals surface area contributed by atoms with E-state index in [1.807, 2.05) is 12.1 Å². The van der Waals surface area contributed by atoms with Crippen molar-refractivity contribution in [2.75, 3.05) is 6.61 Å². The second-order valence-corrected chi connectivity index (χ2v) is 10.6. The second kappa shape index (κ2) is 9.69. The lowest BCUT2D eigenvalue weighted by Gasteiger charge is -2.31. The fourth-order valence-corrected chi connectivity index (χ4v) is 6.87. The van der Waals surface area contributed by atoms with Crippen LogP contribution in [0, 0.1) is 17.8 Å². The van der Waals surface area contributed by atoms with Crippen LogP contribution in [0.5, 0.6) is 5.75 Å². The Balaban J connectivity index is 1.30. The molecule has 2 amide bonds. The van der Waals surface area contributed by atoms with Gasteiger partial charge in [-0.05, 0) is 68.7 Å². The molecule has 0 spiro atoms. The monoisotopic (exact) mass is 463 g/mol. The van der Waals surface area contributed by atoms with Crippen molar-refractivity contribution < 1.29 is 19.4 Å². The molecule has 1 aromatic carbocycles. The number of ether oxygens (including phenoxy) is 1. The van der Waals surface area contributed by atoms with E-state index in [0.717, 1.165) is 50.5 Å². The van der Waals surface area contributed by atoms with Crippen LogP contribution in [-0.2, 0) is 14.3 Å². The number of carbonyl (C=O) groups excluding carboxylic acids is 2. The molecule has 5 heteroatoms. The van der Waals surface area contributed by atoms with E-state index in [-0.39, 0.29) is 47.5 Å². The SMILES string of the molecule is CC/C(=C\c1cccc(O)c1)CC[C@H]1OC[C@H]2C1=C(C)C[C@H]1C(=O)N(C3CCCCC3)C(=O)[C@H]12. The van der Waals surface area contributed by atoms with E-state index in [1.165, 1.54) is 23.1 Å². The van der Waals surface area contributed by atoms with Gasteiger partial charge in [0.2, 0.25) is 11.8 Å². The first-order chi connectivity index (χ1) is 16.5. The molecular weight excluding hydrogens is 426 g/mol. The zero-order valence-electron chi connectivity index (χ0n) is 20.5. The van der Waals surface area contributed by atoms with Gasteiger partial charge in [0.15, 0.2) is 0 Å². The van der Waals surface area contributed by atoms with E-state index in [2.05, 4.69) is 19.9 Å². The Labute approximate surface area is 202 Å². The molecule has 0 radical (unpaired) electrons. The van der Waals surface area contributed by atoms with Gasteiger partial charge in [0.05, 0.1) is 24.5 Å². The van der Waals surface area contributed by atoms with E-state index < -0.39 is 0 Å². The van der Waals surface area contributed by atoms with Crippen LogP contribution in [0.4, 0.5) is 0 Å². The minimum atomic E-state index is -0.230. The molecule has 5 nitrogen and oxygen atoms in total. The number of allylic oxidation sites excluding steroid dienone is 2. The van der Waals surface area contributed by atoms with E-state index in [4.69, 9.17) is 4.74 Å². The van der Waals surface area contributed by atoms with Crippen molar-refractivity contribution in [3.63, 3.8) is 0 Å². The summed E-state index contributed by atoms with van der Waals surface area (Å²) in [5.74, 6) is 0.0508. The van der Waals surface area contributed by atoms with Gasteiger partial charge >= 0.3 is 0 Å². The van der Waals surface area contributed by atoms with Crippen LogP contribution in [0.3, 0.4) is 0 Å². The predicted molar refractivity (Wildman–Crippen MR) is 132 cm³/mol. The van der Waals surface area contributed by atoms with Crippen molar-refractivity contribution in [1.29, 1.82) is 0 Å². The number of nitrogens with zero attached hydrogens (tertiary/aromatic N) is 1. The summed E-state index contributed by atoms with van der Waals surface area (Å²) in [5.41, 5.74) is 4.88. The number of likely N-dealkylation sites (tertiary alicyclic amines) is 1. The highest BCUT2D eigenvalue weighted by Gasteiger charge is 2.57. The van der Waals surface area contributed by atoms with Gasteiger partial charge < -0.3 is 9.84 Å². The Morgan fingerprint density at radius 3 is 2.68 bits per heavy atom. The first-order valence-corrected chi connectivity index (χ1v) is 13.1. The quantitative estimate of drug-likeness (QED) is 0.438. The van der Waals surface area contributed by atoms with E-state index >= 15 is 0 Å². The maximum atomic E-state index is 13.5. The molecule has 34 heavy (non-hydrogen) atoms. The minimum absolute atomic E-state index is 0.0247. The maximum absolute atomic E-state index is 13.5. The molecule has 3 fully saturated rings. The van der Waals surface area contributed by atoms with Crippen LogP contribution in [0.1, 0.15) is 77.2 Å². The van der Waals surface area contributed by atoms with Gasteiger partial charge in [-0.2, -0.15) is 0 Å². The number of carbonyl (C=O) groups is 2. The molecule has 0 aromatic heterocycles. The lowest BCUT2D eigenvalue weighted by Crippen LogP contribution is -2.42. The Kier molecular flexibility index (Phi) is 6.65. The summed E-state index contributed by atoms with van der Waals surface area (Å²) < 4.78 is 6.30. The fourth-order valence-electron chi connectivity index (χ4n) is 6.87. The summed E-state index contributed by atoms with van der Waals surface area (Å²) in [4.78, 5) is 28.6. The number of hydrogen-bond donors (Lipinski definition) is 1. The number of phenolic OH excluding ortho intramolecular Hbond substituents is 1. The van der Waals surface area contributed by atoms with Crippen LogP contribution in [-0.4, -0.2) is 40.6 Å². The van der Waals surface area contributed by atoms with Crippen LogP contribution in [0.25, 0.3) is 6.08 Å². The molecule has 5 rings (SSSR count). The molecule has 182 valence electrons. The molecule has 2 saturated heterocycles. The summed E-state index contributed by atoms with van der Waals surface area (Å²) >= 11 is 0. The Hall–Kier alpha value is -2.40. The first-order valence-electron chi connectivity index (χ1n) is 13.1. The van der Waals surface area contributed by atoms with Crippen LogP contribution in [0.15, 0.2) is 41.0 Å². The summed E-state index contributed by atoms with van der Waals surface area (Å²) in [5, 5.41) is 9.77. The number of rotatable bonds is 6. The van der Waals surface area contributed by atoms with Crippen LogP contribution >= 0.6 is 0 Å². The number of fused-ring (bicyclic) bond motifs is 3. The average molecular weight is 464 g/mol. The molecule has 1 N–H and O–H groups in total. The largest absolute Gasteiger partial charge is 0.508 e. The number of phenols is 1. The molecule has 0 bridgehead atoms. The zero-order chi connectivity index (χ0) is 23.8. The molecule has 2 aliphatic carbocycles. The first kappa shape index (κ1) is 23.3. The molecule has 1 aromatic rings. The van der Waals surface area contributed by atoms with Crippen LogP contribution < -0.4 is 0 Å². The lowest BCUT2D eigenvalue weighted by atomic mass is 9.70. The summed E-state index contributed by atoms with van der Waals surface area (Å²) in [7, 11) is 0. The average Bonchev–Trinajstić information content (AvgIpc) is 3.36. The third-order valence-corrected chi connectivity index (χ3v) is 8.55. The molecule has 2 heterocycles. The smallest absolute Gasteiger partial charge is 0.234 e. The number of aromatic hydroxyl groups is 1. The summed E-state index contributed by atoms with van der Waals surface area (Å²) in [6, 6.07) is 7.45. The fraction of sp³-hybridized carbons (Fsp3) is 0.586. The van der Waals surface area contributed by atoms with E-state index in [9.17, 15) is 14.7 Å². The lowest BCUT2D eigenvalue weighted by molar-refractivity contribution is -0.143. The minimum Gasteiger partial charge on any atom is -0.508 e. The Morgan fingerprint density at radius 1 is 1.15 bits per heavy atom. The Bertz CT molecular complexity index is 1020. The van der Waals surface area contributed by atoms with Gasteiger partial charge in [0, 0.05) is 12.0 Å². The highest BCUT2D eigenvalue weighted by Crippen LogP contribution is 2.50. The zero-order valence-corrected chi connectivity index (χ0v) is 20.5. The highest BCUT2D eigenvalue weighted by atomic mass is 16.5. The summed E-state index contributed by atoms with van der Waals surface area (Å²) in [6.45, 7) is 4.85. The van der Waals surface area contributed by atoms with Gasteiger partial charge in [-0.15, -0.1) is 0 Å². The van der Waals surface area contributed by atoms with Gasteiger partial charge in [0.25, 0.3) is 0 Å². The van der Waals surface area contributed by atoms with Crippen molar-refractivity contribution in [2.45, 2.75) is 83.8 Å².